The van der Waals surface area contributed by atoms with E-state index in [4.69, 9.17) is 23.8 Å². The van der Waals surface area contributed by atoms with E-state index >= 15 is 0 Å². The van der Waals surface area contributed by atoms with Crippen molar-refractivity contribution in [3.05, 3.63) is 225 Å². The molecule has 0 unspecified atom stereocenters. The number of hydrogen-bond acceptors (Lipinski definition) is 8. The molecule has 0 bridgehead atoms. The lowest BCUT2D eigenvalue weighted by molar-refractivity contribution is 0.588. The van der Waals surface area contributed by atoms with E-state index in [0.717, 1.165) is 100 Å². The van der Waals surface area contributed by atoms with Gasteiger partial charge in [0.25, 0.3) is 0 Å². The van der Waals surface area contributed by atoms with Gasteiger partial charge in [-0.15, -0.1) is 0 Å². The van der Waals surface area contributed by atoms with Crippen molar-refractivity contribution in [3.63, 3.8) is 0 Å². The fraction of sp³-hybridized carbons (Fsp3) is 0. The van der Waals surface area contributed by atoms with E-state index in [2.05, 4.69) is 110 Å². The molecular weight excluding hydrogens is 839 g/mol. The van der Waals surface area contributed by atoms with E-state index in [1.807, 2.05) is 134 Å². The molecule has 0 aliphatic heterocycles. The average Bonchev–Trinajstić information content (AvgIpc) is 4.13. The van der Waals surface area contributed by atoms with E-state index in [9.17, 15) is 0 Å². The lowest BCUT2D eigenvalue weighted by atomic mass is 10.1. The quantitative estimate of drug-likeness (QED) is 0.141. The Morgan fingerprint density at radius 1 is 0.368 bits per heavy atom. The lowest BCUT2D eigenvalue weighted by Gasteiger charge is -2.23. The van der Waals surface area contributed by atoms with Gasteiger partial charge in [-0.05, 0) is 84.9 Å². The molecule has 0 saturated carbocycles. The summed E-state index contributed by atoms with van der Waals surface area (Å²) in [5.41, 5.74) is 11.8. The number of nitrogens with zero attached hydrogens (tertiary/aromatic N) is 7. The van der Waals surface area contributed by atoms with Crippen molar-refractivity contribution in [1.29, 1.82) is 0 Å². The zero-order valence-electron chi connectivity index (χ0n) is 36.3. The van der Waals surface area contributed by atoms with Gasteiger partial charge in [-0.3, -0.25) is 19.4 Å². The second-order valence-electron chi connectivity index (χ2n) is 16.5. The van der Waals surface area contributed by atoms with Crippen molar-refractivity contribution in [2.24, 2.45) is 0 Å². The van der Waals surface area contributed by atoms with Crippen LogP contribution in [0.25, 0.3) is 106 Å². The molecule has 9 nitrogen and oxygen atoms in total. The number of rotatable bonds is 9. The van der Waals surface area contributed by atoms with Gasteiger partial charge in [0.15, 0.2) is 11.6 Å². The molecule has 13 rings (SSSR count). The van der Waals surface area contributed by atoms with Crippen molar-refractivity contribution in [2.75, 3.05) is 4.90 Å². The fourth-order valence-electron chi connectivity index (χ4n) is 9.19. The molecule has 0 atom stereocenters. The van der Waals surface area contributed by atoms with E-state index in [1.165, 1.54) is 0 Å². The van der Waals surface area contributed by atoms with Crippen LogP contribution in [0.1, 0.15) is 0 Å². The predicted octanol–water partition coefficient (Wildman–Crippen LogP) is 15.1. The number of fused-ring (bicyclic) bond motifs is 6. The van der Waals surface area contributed by atoms with Crippen LogP contribution in [0, 0.1) is 0 Å². The molecule has 6 heterocycles. The first kappa shape index (κ1) is 38.9. The van der Waals surface area contributed by atoms with Crippen molar-refractivity contribution in [2.45, 2.75) is 0 Å². The van der Waals surface area contributed by atoms with E-state index in [0.29, 0.717) is 23.5 Å². The van der Waals surface area contributed by atoms with Gasteiger partial charge in [-0.1, -0.05) is 115 Å². The lowest BCUT2D eigenvalue weighted by Crippen LogP contribution is -2.09. The highest BCUT2D eigenvalue weighted by atomic mass is 16.4. The highest BCUT2D eigenvalue weighted by Crippen LogP contribution is 2.43. The van der Waals surface area contributed by atoms with Gasteiger partial charge in [-0.25, -0.2) is 4.98 Å². The van der Waals surface area contributed by atoms with Crippen molar-refractivity contribution in [1.82, 2.24) is 29.5 Å². The van der Waals surface area contributed by atoms with Crippen LogP contribution >= 0.6 is 0 Å². The minimum absolute atomic E-state index is 0.524. The maximum Gasteiger partial charge on any atom is 0.238 e. The van der Waals surface area contributed by atoms with Gasteiger partial charge in [0.1, 0.15) is 16.9 Å². The van der Waals surface area contributed by atoms with E-state index in [-0.39, 0.29) is 0 Å². The topological polar surface area (TPSA) is 98.9 Å². The summed E-state index contributed by atoms with van der Waals surface area (Å²) in [6.07, 6.45) is 3.63. The molecule has 0 aliphatic carbocycles. The maximum atomic E-state index is 6.87. The SMILES string of the molecule is c1ccc(-c2nc(-c3ccccc3)nc(-n3c4ccccc4c4cc5c(cc43)oc3ccc(-c4ccc(N(c6cccc(-c7ccccn7)c6)c6cccc(-c7ccccn7)c6)o4)cc35)n2)cc1. The molecule has 0 aliphatic rings. The first-order valence-corrected chi connectivity index (χ1v) is 22.4. The van der Waals surface area contributed by atoms with Crippen LogP contribution in [0.15, 0.2) is 234 Å². The molecule has 0 fully saturated rings. The summed E-state index contributed by atoms with van der Waals surface area (Å²) in [7, 11) is 0. The van der Waals surface area contributed by atoms with E-state index in [1.54, 1.807) is 0 Å². The van der Waals surface area contributed by atoms with Crippen LogP contribution in [0.4, 0.5) is 17.3 Å². The zero-order chi connectivity index (χ0) is 45.0. The normalized spacial score (nSPS) is 11.5. The second kappa shape index (κ2) is 16.2. The number of para-hydroxylation sites is 1. The van der Waals surface area contributed by atoms with Gasteiger partial charge in [0.05, 0.1) is 22.4 Å². The summed E-state index contributed by atoms with van der Waals surface area (Å²) in [5, 5.41) is 4.11. The Labute approximate surface area is 389 Å². The molecule has 6 aromatic heterocycles. The summed E-state index contributed by atoms with van der Waals surface area (Å²) in [5.74, 6) is 3.10. The Hall–Kier alpha value is -9.47. The third-order valence-electron chi connectivity index (χ3n) is 12.4. The van der Waals surface area contributed by atoms with Gasteiger partial charge < -0.3 is 8.83 Å². The highest BCUT2D eigenvalue weighted by molar-refractivity contribution is 6.17. The number of benzene rings is 7. The molecule has 0 N–H and O–H groups in total. The highest BCUT2D eigenvalue weighted by Gasteiger charge is 2.22. The molecule has 0 radical (unpaired) electrons. The fourth-order valence-corrected chi connectivity index (χ4v) is 9.19. The van der Waals surface area contributed by atoms with E-state index < -0.39 is 0 Å². The monoisotopic (exact) mass is 875 g/mol. The summed E-state index contributed by atoms with van der Waals surface area (Å²) < 4.78 is 15.7. The first-order chi connectivity index (χ1) is 33.7. The van der Waals surface area contributed by atoms with Gasteiger partial charge in [0, 0.05) is 85.3 Å². The van der Waals surface area contributed by atoms with Gasteiger partial charge in [-0.2, -0.15) is 9.97 Å². The number of anilines is 3. The molecule has 68 heavy (non-hydrogen) atoms. The Morgan fingerprint density at radius 3 is 1.62 bits per heavy atom. The summed E-state index contributed by atoms with van der Waals surface area (Å²) >= 11 is 0. The first-order valence-electron chi connectivity index (χ1n) is 22.4. The Kier molecular flexibility index (Phi) is 9.28. The summed E-state index contributed by atoms with van der Waals surface area (Å²) in [6.45, 7) is 0. The third-order valence-corrected chi connectivity index (χ3v) is 12.4. The van der Waals surface area contributed by atoms with Crippen LogP contribution in [-0.2, 0) is 0 Å². The van der Waals surface area contributed by atoms with Crippen LogP contribution in [0.2, 0.25) is 0 Å². The van der Waals surface area contributed by atoms with Crippen LogP contribution in [-0.4, -0.2) is 29.5 Å². The predicted molar refractivity (Wildman–Crippen MR) is 271 cm³/mol. The van der Waals surface area contributed by atoms with Gasteiger partial charge in [0.2, 0.25) is 11.8 Å². The molecule has 9 heteroatoms. The van der Waals surface area contributed by atoms with Crippen LogP contribution in [0.3, 0.4) is 0 Å². The van der Waals surface area contributed by atoms with Crippen molar-refractivity contribution < 1.29 is 8.83 Å². The number of furan rings is 2. The Balaban J connectivity index is 0.932. The number of pyridine rings is 2. The summed E-state index contributed by atoms with van der Waals surface area (Å²) in [4.78, 5) is 26.6. The van der Waals surface area contributed by atoms with Crippen LogP contribution in [0.5, 0.6) is 0 Å². The molecule has 13 aromatic rings. The molecule has 0 amide bonds. The number of aromatic nitrogens is 6. The maximum absolute atomic E-state index is 6.87. The minimum Gasteiger partial charge on any atom is -0.456 e. The van der Waals surface area contributed by atoms with Crippen LogP contribution < -0.4 is 4.90 Å². The minimum atomic E-state index is 0.524. The molecule has 0 saturated heterocycles. The standard InChI is InChI=1S/C59H37N7O2/c1-3-15-38(16-4-1)57-62-58(39-17-5-2-6-18-39)64-59(63-57)66-51-26-8-7-23-45(51)46-36-48-47-35-42(27-28-54(47)67-55(48)37-52(46)66)53-29-30-56(68-53)65(43-21-13-19-40(33-43)49-24-9-11-31-60-49)44-22-14-20-41(34-44)50-25-10-12-32-61-50/h1-37H. The summed E-state index contributed by atoms with van der Waals surface area (Å²) in [6, 6.07) is 71.8. The average molecular weight is 876 g/mol. The zero-order valence-corrected chi connectivity index (χ0v) is 36.3. The smallest absolute Gasteiger partial charge is 0.238 e. The Bertz CT molecular complexity index is 3840. The molecule has 7 aromatic carbocycles. The Morgan fingerprint density at radius 2 is 0.971 bits per heavy atom. The van der Waals surface area contributed by atoms with Gasteiger partial charge >= 0.3 is 0 Å². The second-order valence-corrected chi connectivity index (χ2v) is 16.5. The van der Waals surface area contributed by atoms with Crippen molar-refractivity contribution in [3.8, 4) is 62.6 Å². The molecule has 0 spiro atoms. The molecule has 320 valence electrons. The third kappa shape index (κ3) is 6.85. The van der Waals surface area contributed by atoms with Crippen molar-refractivity contribution >= 4 is 61.0 Å². The number of hydrogen-bond donors (Lipinski definition) is 0. The largest absolute Gasteiger partial charge is 0.456 e. The molecular formula is C59H37N7O2.